The molecule has 0 saturated carbocycles. The van der Waals surface area contributed by atoms with Crippen molar-refractivity contribution in [2.24, 2.45) is 5.73 Å². The molecule has 0 heterocycles. The molecule has 1 amide bonds. The van der Waals surface area contributed by atoms with E-state index in [0.717, 1.165) is 0 Å². The van der Waals surface area contributed by atoms with Gasteiger partial charge in [-0.1, -0.05) is 6.08 Å². The van der Waals surface area contributed by atoms with Crippen molar-refractivity contribution in [1.29, 1.82) is 0 Å². The first kappa shape index (κ1) is 10.3. The second-order valence-electron chi connectivity index (χ2n) is 2.75. The standard InChI is InChI=1S/C10H13N3O/c11-7-1-2-10(14)13-9-5-3-8(12)4-6-9/h1-6H,7,11-12H2,(H,13,14)/b2-1+. The van der Waals surface area contributed by atoms with Crippen LogP contribution in [0.2, 0.25) is 0 Å². The van der Waals surface area contributed by atoms with Crippen LogP contribution in [0, 0.1) is 0 Å². The normalized spacial score (nSPS) is 10.4. The topological polar surface area (TPSA) is 81.1 Å². The third-order valence-corrected chi connectivity index (χ3v) is 1.58. The number of hydrogen-bond acceptors (Lipinski definition) is 3. The zero-order valence-electron chi connectivity index (χ0n) is 7.73. The maximum absolute atomic E-state index is 11.2. The quantitative estimate of drug-likeness (QED) is 0.486. The van der Waals surface area contributed by atoms with Crippen molar-refractivity contribution in [3.05, 3.63) is 36.4 Å². The largest absolute Gasteiger partial charge is 0.399 e. The molecule has 1 aromatic carbocycles. The van der Waals surface area contributed by atoms with E-state index in [1.54, 1.807) is 30.3 Å². The van der Waals surface area contributed by atoms with Crippen LogP contribution >= 0.6 is 0 Å². The van der Waals surface area contributed by atoms with Gasteiger partial charge in [-0.2, -0.15) is 0 Å². The van der Waals surface area contributed by atoms with E-state index in [-0.39, 0.29) is 5.91 Å². The fourth-order valence-corrected chi connectivity index (χ4v) is 0.925. The van der Waals surface area contributed by atoms with E-state index in [2.05, 4.69) is 5.32 Å². The van der Waals surface area contributed by atoms with Crippen molar-refractivity contribution >= 4 is 17.3 Å². The Kier molecular flexibility index (Phi) is 3.69. The fraction of sp³-hybridized carbons (Fsp3) is 0.100. The third kappa shape index (κ3) is 3.28. The van der Waals surface area contributed by atoms with Crippen molar-refractivity contribution in [3.63, 3.8) is 0 Å². The molecule has 4 nitrogen and oxygen atoms in total. The Morgan fingerprint density at radius 2 is 2.00 bits per heavy atom. The van der Waals surface area contributed by atoms with Gasteiger partial charge in [-0.3, -0.25) is 4.79 Å². The number of carbonyl (C=O) groups is 1. The van der Waals surface area contributed by atoms with Crippen LogP contribution in [0.15, 0.2) is 36.4 Å². The van der Waals surface area contributed by atoms with Crippen LogP contribution in [0.4, 0.5) is 11.4 Å². The lowest BCUT2D eigenvalue weighted by atomic mass is 10.3. The van der Waals surface area contributed by atoms with Crippen molar-refractivity contribution in [3.8, 4) is 0 Å². The first-order valence-electron chi connectivity index (χ1n) is 4.25. The molecule has 0 bridgehead atoms. The highest BCUT2D eigenvalue weighted by Crippen LogP contribution is 2.10. The van der Waals surface area contributed by atoms with E-state index in [4.69, 9.17) is 11.5 Å². The van der Waals surface area contributed by atoms with Gasteiger partial charge >= 0.3 is 0 Å². The first-order valence-corrected chi connectivity index (χ1v) is 4.25. The smallest absolute Gasteiger partial charge is 0.248 e. The number of amides is 1. The number of anilines is 2. The Balaban J connectivity index is 2.56. The predicted molar refractivity (Wildman–Crippen MR) is 57.7 cm³/mol. The molecule has 0 aromatic heterocycles. The minimum absolute atomic E-state index is 0.194. The van der Waals surface area contributed by atoms with Gasteiger partial charge in [-0.25, -0.2) is 0 Å². The van der Waals surface area contributed by atoms with Gasteiger partial charge in [0.05, 0.1) is 0 Å². The lowest BCUT2D eigenvalue weighted by Crippen LogP contribution is -2.08. The zero-order valence-corrected chi connectivity index (χ0v) is 7.73. The summed E-state index contributed by atoms with van der Waals surface area (Å²) in [5.41, 5.74) is 12.1. The lowest BCUT2D eigenvalue weighted by Gasteiger charge is -2.01. The van der Waals surface area contributed by atoms with Crippen LogP contribution in [-0.2, 0) is 4.79 Å². The highest BCUT2D eigenvalue weighted by Gasteiger charge is 1.95. The van der Waals surface area contributed by atoms with Crippen molar-refractivity contribution in [1.82, 2.24) is 0 Å². The van der Waals surface area contributed by atoms with E-state index < -0.39 is 0 Å². The molecule has 1 rings (SSSR count). The molecule has 5 N–H and O–H groups in total. The molecule has 0 aliphatic rings. The minimum atomic E-state index is -0.194. The van der Waals surface area contributed by atoms with Gasteiger partial charge < -0.3 is 16.8 Å². The molecule has 0 unspecified atom stereocenters. The van der Waals surface area contributed by atoms with E-state index in [1.807, 2.05) is 0 Å². The number of carbonyl (C=O) groups excluding carboxylic acids is 1. The Bertz CT molecular complexity index is 330. The lowest BCUT2D eigenvalue weighted by molar-refractivity contribution is -0.111. The SMILES string of the molecule is NC/C=C/C(=O)Nc1ccc(N)cc1. The van der Waals surface area contributed by atoms with Crippen LogP contribution in [0.5, 0.6) is 0 Å². The van der Waals surface area contributed by atoms with Gasteiger partial charge in [0.15, 0.2) is 0 Å². The first-order chi connectivity index (χ1) is 6.72. The van der Waals surface area contributed by atoms with Gasteiger partial charge in [0.25, 0.3) is 0 Å². The second kappa shape index (κ2) is 5.04. The van der Waals surface area contributed by atoms with Crippen LogP contribution < -0.4 is 16.8 Å². The average Bonchev–Trinajstić information content (AvgIpc) is 2.18. The molecule has 0 saturated heterocycles. The van der Waals surface area contributed by atoms with Crippen LogP contribution in [0.3, 0.4) is 0 Å². The number of rotatable bonds is 3. The predicted octanol–water partition coefficient (Wildman–Crippen LogP) is 0.722. The van der Waals surface area contributed by atoms with Crippen LogP contribution in [0.1, 0.15) is 0 Å². The Hall–Kier alpha value is -1.81. The maximum Gasteiger partial charge on any atom is 0.248 e. The summed E-state index contributed by atoms with van der Waals surface area (Å²) < 4.78 is 0. The molecule has 14 heavy (non-hydrogen) atoms. The molecule has 0 spiro atoms. The minimum Gasteiger partial charge on any atom is -0.399 e. The number of hydrogen-bond donors (Lipinski definition) is 3. The fourth-order valence-electron chi connectivity index (χ4n) is 0.925. The average molecular weight is 191 g/mol. The molecule has 1 aromatic rings. The van der Waals surface area contributed by atoms with Crippen molar-refractivity contribution in [2.45, 2.75) is 0 Å². The van der Waals surface area contributed by atoms with E-state index in [9.17, 15) is 4.79 Å². The molecule has 0 aliphatic carbocycles. The second-order valence-corrected chi connectivity index (χ2v) is 2.75. The van der Waals surface area contributed by atoms with Gasteiger partial charge in [0, 0.05) is 24.0 Å². The molecule has 0 fully saturated rings. The summed E-state index contributed by atoms with van der Waals surface area (Å²) in [5, 5.41) is 2.67. The Morgan fingerprint density at radius 1 is 1.36 bits per heavy atom. The van der Waals surface area contributed by atoms with E-state index in [0.29, 0.717) is 17.9 Å². The Labute approximate surface area is 82.6 Å². The van der Waals surface area contributed by atoms with Gasteiger partial charge in [0.1, 0.15) is 0 Å². The monoisotopic (exact) mass is 191 g/mol. The molecule has 0 atom stereocenters. The van der Waals surface area contributed by atoms with E-state index >= 15 is 0 Å². The summed E-state index contributed by atoms with van der Waals surface area (Å²) in [6.45, 7) is 0.356. The highest BCUT2D eigenvalue weighted by atomic mass is 16.1. The molecular weight excluding hydrogens is 178 g/mol. The van der Waals surface area contributed by atoms with Gasteiger partial charge in [0.2, 0.25) is 5.91 Å². The number of nitrogen functional groups attached to an aromatic ring is 1. The summed E-state index contributed by atoms with van der Waals surface area (Å²) in [7, 11) is 0. The van der Waals surface area contributed by atoms with Gasteiger partial charge in [-0.15, -0.1) is 0 Å². The summed E-state index contributed by atoms with van der Waals surface area (Å²) in [6.07, 6.45) is 2.99. The van der Waals surface area contributed by atoms with Crippen LogP contribution in [-0.4, -0.2) is 12.5 Å². The number of nitrogens with one attached hydrogen (secondary N) is 1. The maximum atomic E-state index is 11.2. The molecule has 4 heteroatoms. The molecule has 74 valence electrons. The number of nitrogens with two attached hydrogens (primary N) is 2. The van der Waals surface area contributed by atoms with Crippen LogP contribution in [0.25, 0.3) is 0 Å². The van der Waals surface area contributed by atoms with E-state index in [1.165, 1.54) is 6.08 Å². The zero-order chi connectivity index (χ0) is 10.4. The van der Waals surface area contributed by atoms with Crippen molar-refractivity contribution < 1.29 is 4.79 Å². The summed E-state index contributed by atoms with van der Waals surface area (Å²) >= 11 is 0. The third-order valence-electron chi connectivity index (χ3n) is 1.58. The van der Waals surface area contributed by atoms with Gasteiger partial charge in [-0.05, 0) is 24.3 Å². The number of benzene rings is 1. The molecule has 0 radical (unpaired) electrons. The summed E-state index contributed by atoms with van der Waals surface area (Å²) in [6, 6.07) is 6.93. The Morgan fingerprint density at radius 3 is 2.57 bits per heavy atom. The highest BCUT2D eigenvalue weighted by molar-refractivity contribution is 5.99. The van der Waals surface area contributed by atoms with Crippen molar-refractivity contribution in [2.75, 3.05) is 17.6 Å². The molecule has 0 aliphatic heterocycles. The summed E-state index contributed by atoms with van der Waals surface area (Å²) in [4.78, 5) is 11.2. The molecular formula is C10H13N3O. The summed E-state index contributed by atoms with van der Waals surface area (Å²) in [5.74, 6) is -0.194.